The van der Waals surface area contributed by atoms with Gasteiger partial charge in [0.2, 0.25) is 0 Å². The van der Waals surface area contributed by atoms with Crippen LogP contribution in [0.15, 0.2) is 30.3 Å². The van der Waals surface area contributed by atoms with E-state index in [-0.39, 0.29) is 22.7 Å². The van der Waals surface area contributed by atoms with Crippen molar-refractivity contribution in [3.63, 3.8) is 0 Å². The van der Waals surface area contributed by atoms with E-state index >= 15 is 0 Å². The Balaban J connectivity index is 1.95. The number of rotatable bonds is 6. The molecule has 0 radical (unpaired) electrons. The van der Waals surface area contributed by atoms with Gasteiger partial charge in [-0.15, -0.1) is 11.3 Å². The van der Waals surface area contributed by atoms with Gasteiger partial charge in [0.05, 0.1) is 23.6 Å². The number of benzene rings is 1. The lowest BCUT2D eigenvalue weighted by Crippen LogP contribution is -2.24. The number of carbonyl (C=O) groups excluding carboxylic acids is 3. The maximum absolute atomic E-state index is 12.7. The highest BCUT2D eigenvalue weighted by atomic mass is 35.5. The Morgan fingerprint density at radius 3 is 2.43 bits per heavy atom. The van der Waals surface area contributed by atoms with Crippen molar-refractivity contribution < 1.29 is 19.1 Å². The molecule has 0 bridgehead atoms. The number of ether oxygens (including phenoxy) is 1. The second-order valence-electron chi connectivity index (χ2n) is 6.53. The Morgan fingerprint density at radius 2 is 1.87 bits per heavy atom. The van der Waals surface area contributed by atoms with Crippen LogP contribution in [0.25, 0.3) is 10.4 Å². The largest absolute Gasteiger partial charge is 0.462 e. The van der Waals surface area contributed by atoms with Crippen LogP contribution in [0.3, 0.4) is 0 Å². The number of nitrogens with one attached hydrogen (secondary N) is 1. The van der Waals surface area contributed by atoms with Gasteiger partial charge < -0.3 is 10.1 Å². The second-order valence-corrected chi connectivity index (χ2v) is 8.02. The number of ketones is 1. The van der Waals surface area contributed by atoms with Gasteiger partial charge in [0, 0.05) is 22.6 Å². The Bertz CT molecular complexity index is 1130. The summed E-state index contributed by atoms with van der Waals surface area (Å²) in [6.07, 6.45) is 0. The molecule has 3 rings (SSSR count). The standard InChI is InChI=1S/C21H20ClN3O4S/c1-5-29-21(28)19-15(10-16(30-19)13-6-8-14(22)9-7-13)23-20(27)18(26)17-11(2)24-25(4)12(17)3/h6-10H,5H2,1-4H3,(H,23,27). The molecule has 0 saturated heterocycles. The number of carbonyl (C=O) groups is 3. The zero-order valence-electron chi connectivity index (χ0n) is 16.9. The molecular formula is C21H20ClN3O4S. The van der Waals surface area contributed by atoms with Crippen LogP contribution < -0.4 is 5.32 Å². The molecule has 0 aliphatic rings. The molecule has 30 heavy (non-hydrogen) atoms. The number of aryl methyl sites for hydroxylation is 2. The fourth-order valence-corrected chi connectivity index (χ4v) is 4.12. The van der Waals surface area contributed by atoms with Gasteiger partial charge in [-0.2, -0.15) is 5.10 Å². The van der Waals surface area contributed by atoms with E-state index in [0.717, 1.165) is 10.4 Å². The summed E-state index contributed by atoms with van der Waals surface area (Å²) in [5.41, 5.74) is 2.35. The molecule has 0 aliphatic heterocycles. The van der Waals surface area contributed by atoms with Crippen molar-refractivity contribution in [2.24, 2.45) is 7.05 Å². The molecule has 0 spiro atoms. The van der Waals surface area contributed by atoms with Crippen LogP contribution in [0.1, 0.15) is 38.3 Å². The van der Waals surface area contributed by atoms with Crippen molar-refractivity contribution in [2.45, 2.75) is 20.8 Å². The van der Waals surface area contributed by atoms with Gasteiger partial charge in [0.1, 0.15) is 4.88 Å². The van der Waals surface area contributed by atoms with E-state index in [9.17, 15) is 14.4 Å². The third kappa shape index (κ3) is 4.29. The molecule has 1 amide bonds. The summed E-state index contributed by atoms with van der Waals surface area (Å²) in [5, 5.41) is 7.33. The van der Waals surface area contributed by atoms with Crippen molar-refractivity contribution in [2.75, 3.05) is 11.9 Å². The number of halogens is 1. The van der Waals surface area contributed by atoms with Crippen molar-refractivity contribution in [1.82, 2.24) is 9.78 Å². The van der Waals surface area contributed by atoms with Crippen LogP contribution >= 0.6 is 22.9 Å². The Hall–Kier alpha value is -2.97. The Morgan fingerprint density at radius 1 is 1.20 bits per heavy atom. The summed E-state index contributed by atoms with van der Waals surface area (Å²) < 4.78 is 6.65. The average Bonchev–Trinajstić information content (AvgIpc) is 3.22. The summed E-state index contributed by atoms with van der Waals surface area (Å²) in [5.74, 6) is -2.13. The molecule has 0 fully saturated rings. The van der Waals surface area contributed by atoms with Crippen LogP contribution in [0.2, 0.25) is 5.02 Å². The maximum Gasteiger partial charge on any atom is 0.350 e. The summed E-state index contributed by atoms with van der Waals surface area (Å²) >= 11 is 7.11. The maximum atomic E-state index is 12.7. The zero-order valence-corrected chi connectivity index (χ0v) is 18.5. The van der Waals surface area contributed by atoms with E-state index in [4.69, 9.17) is 16.3 Å². The normalized spacial score (nSPS) is 10.7. The quantitative estimate of drug-likeness (QED) is 0.344. The molecule has 2 aromatic heterocycles. The lowest BCUT2D eigenvalue weighted by atomic mass is 10.1. The fourth-order valence-electron chi connectivity index (χ4n) is 2.98. The monoisotopic (exact) mass is 445 g/mol. The average molecular weight is 446 g/mol. The topological polar surface area (TPSA) is 90.3 Å². The van der Waals surface area contributed by atoms with Crippen molar-refractivity contribution in [3.05, 3.63) is 57.2 Å². The molecule has 1 N–H and O–H groups in total. The third-order valence-corrected chi connectivity index (χ3v) is 5.93. The minimum absolute atomic E-state index is 0.188. The number of hydrogen-bond acceptors (Lipinski definition) is 6. The van der Waals surface area contributed by atoms with Crippen molar-refractivity contribution in [3.8, 4) is 10.4 Å². The minimum atomic E-state index is -0.847. The first kappa shape index (κ1) is 21.7. The first-order valence-corrected chi connectivity index (χ1v) is 10.3. The molecule has 0 unspecified atom stereocenters. The summed E-state index contributed by atoms with van der Waals surface area (Å²) in [6, 6.07) is 8.73. The number of amides is 1. The minimum Gasteiger partial charge on any atom is -0.462 e. The number of esters is 1. The van der Waals surface area contributed by atoms with E-state index in [2.05, 4.69) is 10.4 Å². The molecule has 0 atom stereocenters. The van der Waals surface area contributed by atoms with E-state index in [1.807, 2.05) is 12.1 Å². The molecule has 2 heterocycles. The molecular weight excluding hydrogens is 426 g/mol. The van der Waals surface area contributed by atoms with E-state index in [1.54, 1.807) is 50.7 Å². The van der Waals surface area contributed by atoms with Crippen molar-refractivity contribution >= 4 is 46.3 Å². The summed E-state index contributed by atoms with van der Waals surface area (Å²) in [7, 11) is 1.70. The van der Waals surface area contributed by atoms with Crippen LogP contribution in [-0.2, 0) is 16.6 Å². The van der Waals surface area contributed by atoms with Crippen LogP contribution in [-0.4, -0.2) is 34.0 Å². The van der Waals surface area contributed by atoms with Gasteiger partial charge in [-0.05, 0) is 44.5 Å². The number of anilines is 1. The number of hydrogen-bond donors (Lipinski definition) is 1. The number of Topliss-reactive ketones (excluding diaryl/α,β-unsaturated/α-hetero) is 1. The van der Waals surface area contributed by atoms with Crippen LogP contribution in [0, 0.1) is 13.8 Å². The molecule has 9 heteroatoms. The molecule has 7 nitrogen and oxygen atoms in total. The second kappa shape index (κ2) is 8.81. The highest BCUT2D eigenvalue weighted by Crippen LogP contribution is 2.36. The summed E-state index contributed by atoms with van der Waals surface area (Å²) in [4.78, 5) is 38.8. The van der Waals surface area contributed by atoms with Gasteiger partial charge in [-0.3, -0.25) is 14.3 Å². The fraction of sp³-hybridized carbons (Fsp3) is 0.238. The molecule has 3 aromatic rings. The first-order chi connectivity index (χ1) is 14.2. The number of aromatic nitrogens is 2. The smallest absolute Gasteiger partial charge is 0.350 e. The first-order valence-electron chi connectivity index (χ1n) is 9.15. The number of thiophene rings is 1. The Kier molecular flexibility index (Phi) is 6.38. The van der Waals surface area contributed by atoms with Crippen LogP contribution in [0.5, 0.6) is 0 Å². The third-order valence-electron chi connectivity index (χ3n) is 4.51. The van der Waals surface area contributed by atoms with E-state index in [0.29, 0.717) is 16.4 Å². The predicted octanol–water partition coefficient (Wildman–Crippen LogP) is 4.42. The van der Waals surface area contributed by atoms with Gasteiger partial charge in [-0.25, -0.2) is 4.79 Å². The van der Waals surface area contributed by atoms with Gasteiger partial charge >= 0.3 is 5.97 Å². The summed E-state index contributed by atoms with van der Waals surface area (Å²) in [6.45, 7) is 5.27. The SMILES string of the molecule is CCOC(=O)c1sc(-c2ccc(Cl)cc2)cc1NC(=O)C(=O)c1c(C)nn(C)c1C. The lowest BCUT2D eigenvalue weighted by molar-refractivity contribution is -0.112. The van der Waals surface area contributed by atoms with Crippen LogP contribution in [0.4, 0.5) is 5.69 Å². The molecule has 1 aromatic carbocycles. The molecule has 0 aliphatic carbocycles. The van der Waals surface area contributed by atoms with Crippen molar-refractivity contribution in [1.29, 1.82) is 0 Å². The van der Waals surface area contributed by atoms with E-state index in [1.165, 1.54) is 11.3 Å². The van der Waals surface area contributed by atoms with Gasteiger partial charge in [-0.1, -0.05) is 23.7 Å². The zero-order chi connectivity index (χ0) is 22.0. The van der Waals surface area contributed by atoms with Gasteiger partial charge in [0.25, 0.3) is 11.7 Å². The molecule has 0 saturated carbocycles. The van der Waals surface area contributed by atoms with E-state index < -0.39 is 17.7 Å². The number of nitrogens with zero attached hydrogens (tertiary/aromatic N) is 2. The Labute approximate surface area is 182 Å². The highest BCUT2D eigenvalue weighted by molar-refractivity contribution is 7.18. The highest BCUT2D eigenvalue weighted by Gasteiger charge is 2.27. The lowest BCUT2D eigenvalue weighted by Gasteiger charge is -2.06. The predicted molar refractivity (Wildman–Crippen MR) is 116 cm³/mol. The molecule has 156 valence electrons. The van der Waals surface area contributed by atoms with Gasteiger partial charge in [0.15, 0.2) is 0 Å².